The van der Waals surface area contributed by atoms with Crippen molar-refractivity contribution in [3.05, 3.63) is 101 Å². The highest BCUT2D eigenvalue weighted by molar-refractivity contribution is 5.92. The number of fused-ring (bicyclic) bond motifs is 1. The third-order valence-corrected chi connectivity index (χ3v) is 7.67. The van der Waals surface area contributed by atoms with Crippen molar-refractivity contribution in [1.82, 2.24) is 14.5 Å². The predicted octanol–water partition coefficient (Wildman–Crippen LogP) is 5.40. The zero-order valence-corrected chi connectivity index (χ0v) is 22.4. The first-order chi connectivity index (χ1) is 20.0. The average molecular weight is 553 g/mol. The lowest BCUT2D eigenvalue weighted by Crippen LogP contribution is -2.33. The van der Waals surface area contributed by atoms with Crippen LogP contribution >= 0.6 is 0 Å². The molecule has 2 aliphatic rings. The normalized spacial score (nSPS) is 17.1. The Morgan fingerprint density at radius 1 is 1.20 bits per heavy atom. The summed E-state index contributed by atoms with van der Waals surface area (Å²) in [7, 11) is 0. The number of carboxylic acids is 1. The van der Waals surface area contributed by atoms with E-state index in [9.17, 15) is 14.3 Å². The third kappa shape index (κ3) is 5.85. The van der Waals surface area contributed by atoms with Gasteiger partial charge in [0.1, 0.15) is 12.4 Å². The Morgan fingerprint density at radius 3 is 2.78 bits per heavy atom. The van der Waals surface area contributed by atoms with Crippen LogP contribution in [0.2, 0.25) is 0 Å². The monoisotopic (exact) mass is 552 g/mol. The summed E-state index contributed by atoms with van der Waals surface area (Å²) < 4.78 is 27.7. The van der Waals surface area contributed by atoms with Crippen LogP contribution in [0.1, 0.15) is 45.7 Å². The molecule has 9 heteroatoms. The molecule has 4 aromatic rings. The van der Waals surface area contributed by atoms with E-state index < -0.39 is 11.8 Å². The standard InChI is InChI=1S/C32H29FN4O4/c33-27-15-21(17-34)4-7-30(27)41-20-22-2-1-3-24(14-22)23-8-11-36(12-9-23)19-31-35-28-6-5-25(32(38)39)16-29(28)37(31)18-26-10-13-40-26/h1-8,14-16,26H,9-13,18-20H2,(H,38,39)/t26-/m0/s1. The molecule has 2 aliphatic heterocycles. The minimum Gasteiger partial charge on any atom is -0.486 e. The molecule has 0 aliphatic carbocycles. The highest BCUT2D eigenvalue weighted by Crippen LogP contribution is 2.27. The van der Waals surface area contributed by atoms with E-state index in [1.165, 1.54) is 23.8 Å². The van der Waals surface area contributed by atoms with Gasteiger partial charge in [-0.15, -0.1) is 0 Å². The summed E-state index contributed by atoms with van der Waals surface area (Å²) in [5, 5.41) is 18.4. The molecule has 1 N–H and O–H groups in total. The summed E-state index contributed by atoms with van der Waals surface area (Å²) in [5.41, 5.74) is 5.41. The molecule has 0 spiro atoms. The van der Waals surface area contributed by atoms with Gasteiger partial charge in [-0.3, -0.25) is 4.90 Å². The molecule has 1 aromatic heterocycles. The van der Waals surface area contributed by atoms with E-state index in [-0.39, 0.29) is 29.6 Å². The number of aromatic carboxylic acids is 1. The van der Waals surface area contributed by atoms with Gasteiger partial charge < -0.3 is 19.1 Å². The molecular formula is C32H29FN4O4. The van der Waals surface area contributed by atoms with Crippen LogP contribution in [0.25, 0.3) is 16.6 Å². The predicted molar refractivity (Wildman–Crippen MR) is 151 cm³/mol. The summed E-state index contributed by atoms with van der Waals surface area (Å²) in [6.07, 6.45) is 4.20. The molecule has 0 saturated carbocycles. The number of nitriles is 1. The van der Waals surface area contributed by atoms with E-state index in [2.05, 4.69) is 27.7 Å². The molecule has 6 rings (SSSR count). The van der Waals surface area contributed by atoms with Gasteiger partial charge in [-0.05, 0) is 72.0 Å². The molecule has 3 heterocycles. The quantitative estimate of drug-likeness (QED) is 0.297. The van der Waals surface area contributed by atoms with Crippen LogP contribution in [0.5, 0.6) is 5.75 Å². The summed E-state index contributed by atoms with van der Waals surface area (Å²) in [4.78, 5) is 18.8. The Kier molecular flexibility index (Phi) is 7.51. The van der Waals surface area contributed by atoms with Crippen molar-refractivity contribution in [2.45, 2.75) is 38.6 Å². The summed E-state index contributed by atoms with van der Waals surface area (Å²) in [6.45, 7) is 3.90. The highest BCUT2D eigenvalue weighted by Gasteiger charge is 2.24. The van der Waals surface area contributed by atoms with E-state index >= 15 is 0 Å². The van der Waals surface area contributed by atoms with Crippen LogP contribution in [0.15, 0.2) is 66.7 Å². The topological polar surface area (TPSA) is 101 Å². The SMILES string of the molecule is N#Cc1ccc(OCc2cccc(C3=CCN(Cc4nc5ccc(C(=O)O)cc5n4C[C@@H]4CCO4)CC3)c2)c(F)c1. The lowest BCUT2D eigenvalue weighted by atomic mass is 9.98. The summed E-state index contributed by atoms with van der Waals surface area (Å²) >= 11 is 0. The fourth-order valence-corrected chi connectivity index (χ4v) is 5.29. The maximum absolute atomic E-state index is 14.2. The first-order valence-electron chi connectivity index (χ1n) is 13.6. The van der Waals surface area contributed by atoms with Gasteiger partial charge in [-0.25, -0.2) is 14.2 Å². The highest BCUT2D eigenvalue weighted by atomic mass is 19.1. The number of benzene rings is 3. The zero-order chi connectivity index (χ0) is 28.3. The van der Waals surface area contributed by atoms with Crippen molar-refractivity contribution in [1.29, 1.82) is 5.26 Å². The maximum Gasteiger partial charge on any atom is 0.335 e. The number of halogens is 1. The maximum atomic E-state index is 14.2. The smallest absolute Gasteiger partial charge is 0.335 e. The Bertz CT molecular complexity index is 1690. The molecule has 1 fully saturated rings. The van der Waals surface area contributed by atoms with E-state index in [0.29, 0.717) is 13.1 Å². The molecule has 8 nitrogen and oxygen atoms in total. The van der Waals surface area contributed by atoms with Crippen molar-refractivity contribution in [2.75, 3.05) is 19.7 Å². The molecule has 41 heavy (non-hydrogen) atoms. The van der Waals surface area contributed by atoms with Crippen LogP contribution < -0.4 is 4.74 Å². The lowest BCUT2D eigenvalue weighted by Gasteiger charge is -2.29. The van der Waals surface area contributed by atoms with Crippen LogP contribution in [0.3, 0.4) is 0 Å². The molecule has 1 saturated heterocycles. The van der Waals surface area contributed by atoms with Crippen LogP contribution in [-0.4, -0.2) is 51.3 Å². The zero-order valence-electron chi connectivity index (χ0n) is 22.4. The second-order valence-electron chi connectivity index (χ2n) is 10.4. The molecule has 0 bridgehead atoms. The Balaban J connectivity index is 1.14. The second-order valence-corrected chi connectivity index (χ2v) is 10.4. The molecule has 3 aromatic carbocycles. The molecule has 1 atom stereocenters. The number of nitrogens with zero attached hydrogens (tertiary/aromatic N) is 4. The van der Waals surface area contributed by atoms with Crippen molar-refractivity contribution in [2.24, 2.45) is 0 Å². The van der Waals surface area contributed by atoms with Gasteiger partial charge in [-0.1, -0.05) is 24.3 Å². The Labute approximate surface area is 236 Å². The molecule has 208 valence electrons. The first kappa shape index (κ1) is 26.7. The first-order valence-corrected chi connectivity index (χ1v) is 13.6. The van der Waals surface area contributed by atoms with Gasteiger partial charge in [-0.2, -0.15) is 5.26 Å². The van der Waals surface area contributed by atoms with Gasteiger partial charge in [0.25, 0.3) is 0 Å². The minimum atomic E-state index is -0.952. The number of ether oxygens (including phenoxy) is 2. The van der Waals surface area contributed by atoms with Gasteiger partial charge in [0, 0.05) is 19.7 Å². The number of hydrogen-bond acceptors (Lipinski definition) is 6. The molecule has 0 unspecified atom stereocenters. The van der Waals surface area contributed by atoms with Crippen LogP contribution in [0, 0.1) is 17.1 Å². The van der Waals surface area contributed by atoms with Crippen molar-refractivity contribution in [3.8, 4) is 11.8 Å². The average Bonchev–Trinajstić information content (AvgIpc) is 3.30. The third-order valence-electron chi connectivity index (χ3n) is 7.67. The second kappa shape index (κ2) is 11.5. The van der Waals surface area contributed by atoms with Crippen molar-refractivity contribution in [3.63, 3.8) is 0 Å². The van der Waals surface area contributed by atoms with Gasteiger partial charge in [0.05, 0.1) is 47.4 Å². The number of hydrogen-bond donors (Lipinski definition) is 1. The largest absolute Gasteiger partial charge is 0.486 e. The molecule has 0 radical (unpaired) electrons. The number of rotatable bonds is 9. The fourth-order valence-electron chi connectivity index (χ4n) is 5.29. The summed E-state index contributed by atoms with van der Waals surface area (Å²) in [6, 6.07) is 19.3. The van der Waals surface area contributed by atoms with E-state index in [0.717, 1.165) is 60.5 Å². The van der Waals surface area contributed by atoms with Crippen molar-refractivity contribution < 1.29 is 23.8 Å². The molecule has 0 amide bonds. The number of carbonyl (C=O) groups is 1. The van der Waals surface area contributed by atoms with E-state index in [1.807, 2.05) is 18.2 Å². The Hall–Kier alpha value is -4.52. The Morgan fingerprint density at radius 2 is 2.07 bits per heavy atom. The minimum absolute atomic E-state index is 0.121. The van der Waals surface area contributed by atoms with Gasteiger partial charge in [0.15, 0.2) is 11.6 Å². The van der Waals surface area contributed by atoms with Crippen LogP contribution in [-0.2, 0) is 24.4 Å². The fraction of sp³-hybridized carbons (Fsp3) is 0.281. The van der Waals surface area contributed by atoms with E-state index in [4.69, 9.17) is 19.7 Å². The number of imidazole rings is 1. The van der Waals surface area contributed by atoms with Crippen LogP contribution in [0.4, 0.5) is 4.39 Å². The number of aromatic nitrogens is 2. The number of carboxylic acid groups (broad SMARTS) is 1. The van der Waals surface area contributed by atoms with Gasteiger partial charge >= 0.3 is 5.97 Å². The molecular weight excluding hydrogens is 523 g/mol. The van der Waals surface area contributed by atoms with Gasteiger partial charge in [0.2, 0.25) is 0 Å². The lowest BCUT2D eigenvalue weighted by molar-refractivity contribution is -0.0591. The van der Waals surface area contributed by atoms with E-state index in [1.54, 1.807) is 18.2 Å². The summed E-state index contributed by atoms with van der Waals surface area (Å²) in [5.74, 6) is -0.474. The van der Waals surface area contributed by atoms with Crippen molar-refractivity contribution >= 4 is 22.6 Å².